The van der Waals surface area contributed by atoms with Gasteiger partial charge in [0.05, 0.1) is 11.3 Å². The van der Waals surface area contributed by atoms with E-state index >= 15 is 0 Å². The van der Waals surface area contributed by atoms with Crippen molar-refractivity contribution in [1.82, 2.24) is 0 Å². The minimum absolute atomic E-state index is 0.0563. The third kappa shape index (κ3) is 3.81. The van der Waals surface area contributed by atoms with Crippen LogP contribution in [-0.2, 0) is 5.41 Å². The van der Waals surface area contributed by atoms with Gasteiger partial charge < -0.3 is 13.6 Å². The van der Waals surface area contributed by atoms with Gasteiger partial charge in [-0.15, -0.1) is 11.6 Å². The molecule has 3 nitrogen and oxygen atoms in total. The van der Waals surface area contributed by atoms with Crippen molar-refractivity contribution in [1.29, 1.82) is 0 Å². The Morgan fingerprint density at radius 3 is 2.50 bits per heavy atom. The highest BCUT2D eigenvalue weighted by Crippen LogP contribution is 2.44. The predicted octanol–water partition coefficient (Wildman–Crippen LogP) is 5.47. The zero-order valence-corrected chi connectivity index (χ0v) is 17.1. The van der Waals surface area contributed by atoms with Gasteiger partial charge in [0, 0.05) is 17.7 Å². The van der Waals surface area contributed by atoms with Gasteiger partial charge in [-0.3, -0.25) is 0 Å². The van der Waals surface area contributed by atoms with E-state index in [9.17, 15) is 0 Å². The molecule has 0 aliphatic heterocycles. The van der Waals surface area contributed by atoms with E-state index in [0.29, 0.717) is 12.5 Å². The van der Waals surface area contributed by atoms with Gasteiger partial charge in [-0.1, -0.05) is 20.8 Å². The van der Waals surface area contributed by atoms with E-state index in [1.807, 2.05) is 12.1 Å². The lowest BCUT2D eigenvalue weighted by Gasteiger charge is -2.20. The fraction of sp³-hybridized carbons (Fsp3) is 0.500. The van der Waals surface area contributed by atoms with Crippen LogP contribution in [0.2, 0.25) is 13.1 Å². The third-order valence-corrected chi connectivity index (χ3v) is 4.58. The maximum atomic E-state index is 6.14. The van der Waals surface area contributed by atoms with Crippen LogP contribution in [0.3, 0.4) is 0 Å². The van der Waals surface area contributed by atoms with Crippen LogP contribution in [0.15, 0.2) is 21.2 Å². The van der Waals surface area contributed by atoms with Crippen molar-refractivity contribution < 1.29 is 13.6 Å². The summed E-state index contributed by atoms with van der Waals surface area (Å²) >= 11 is 9.25. The van der Waals surface area contributed by atoms with Gasteiger partial charge in [0.2, 0.25) is 9.04 Å². The summed E-state index contributed by atoms with van der Waals surface area (Å²) in [5, 5.41) is 1.03. The molecule has 1 aromatic heterocycles. The van der Waals surface area contributed by atoms with E-state index in [1.165, 1.54) is 0 Å². The lowest BCUT2D eigenvalue weighted by atomic mass is 9.86. The molecule has 2 rings (SSSR count). The molecule has 0 spiro atoms. The summed E-state index contributed by atoms with van der Waals surface area (Å²) in [6, 6.07) is 3.84. The molecule has 0 aliphatic rings. The second-order valence-corrected chi connectivity index (χ2v) is 9.93. The van der Waals surface area contributed by atoms with Crippen molar-refractivity contribution in [2.75, 3.05) is 12.5 Å². The molecule has 0 aliphatic carbocycles. The number of furan rings is 1. The van der Waals surface area contributed by atoms with Gasteiger partial charge in [-0.05, 0) is 34.4 Å². The fourth-order valence-electron chi connectivity index (χ4n) is 2.40. The van der Waals surface area contributed by atoms with E-state index in [2.05, 4.69) is 49.8 Å². The maximum Gasteiger partial charge on any atom is 0.229 e. The Kier molecular flexibility index (Phi) is 5.51. The van der Waals surface area contributed by atoms with Crippen LogP contribution >= 0.6 is 27.5 Å². The van der Waals surface area contributed by atoms with Crippen molar-refractivity contribution >= 4 is 47.5 Å². The summed E-state index contributed by atoms with van der Waals surface area (Å²) in [7, 11) is -1.26. The average Bonchev–Trinajstić information content (AvgIpc) is 2.71. The lowest BCUT2D eigenvalue weighted by molar-refractivity contribution is 0.341. The maximum absolute atomic E-state index is 6.14. The van der Waals surface area contributed by atoms with Gasteiger partial charge in [0.1, 0.15) is 23.7 Å². The van der Waals surface area contributed by atoms with Crippen LogP contribution in [0.25, 0.3) is 11.0 Å². The topological polar surface area (TPSA) is 31.6 Å². The van der Waals surface area contributed by atoms with E-state index < -0.39 is 9.04 Å². The Bertz CT molecular complexity index is 661. The second kappa shape index (κ2) is 6.85. The molecule has 2 aromatic rings. The second-order valence-electron chi connectivity index (χ2n) is 6.50. The van der Waals surface area contributed by atoms with Crippen molar-refractivity contribution in [2.24, 2.45) is 0 Å². The largest absolute Gasteiger partial charge is 0.546 e. The standard InChI is InChI=1S/C16H22BrClO3Si/c1-16(2,3)14-13-11(20-15(14)17)8-10(19-7-6-18)9-12(13)21-22(4)5/h8-9,22H,6-7H2,1-5H3. The molecule has 0 atom stereocenters. The number of hydrogen-bond donors (Lipinski definition) is 0. The molecular weight excluding hydrogens is 384 g/mol. The van der Waals surface area contributed by atoms with Crippen molar-refractivity contribution in [2.45, 2.75) is 39.3 Å². The van der Waals surface area contributed by atoms with Crippen LogP contribution in [0.1, 0.15) is 26.3 Å². The van der Waals surface area contributed by atoms with Crippen LogP contribution in [0.4, 0.5) is 0 Å². The summed E-state index contributed by atoms with van der Waals surface area (Å²) in [6.45, 7) is 11.2. The molecular formula is C16H22BrClO3Si. The number of rotatable bonds is 5. The average molecular weight is 406 g/mol. The first kappa shape index (κ1) is 17.7. The summed E-state index contributed by atoms with van der Waals surface area (Å²) in [5.41, 5.74) is 1.84. The molecule has 1 aromatic carbocycles. The Morgan fingerprint density at radius 1 is 1.27 bits per heavy atom. The minimum atomic E-state index is -1.26. The minimum Gasteiger partial charge on any atom is -0.546 e. The Hall–Kier alpha value is -0.653. The molecule has 0 saturated heterocycles. The fourth-order valence-corrected chi connectivity index (χ4v) is 4.13. The highest BCUT2D eigenvalue weighted by Gasteiger charge is 2.27. The summed E-state index contributed by atoms with van der Waals surface area (Å²) < 4.78 is 18.4. The summed E-state index contributed by atoms with van der Waals surface area (Å²) in [6.07, 6.45) is 0. The SMILES string of the molecule is C[SiH](C)Oc1cc(OCCCl)cc2oc(Br)c(C(C)(C)C)c12. The molecule has 0 fully saturated rings. The van der Waals surface area contributed by atoms with Gasteiger partial charge in [0.25, 0.3) is 0 Å². The first-order valence-electron chi connectivity index (χ1n) is 7.36. The van der Waals surface area contributed by atoms with Crippen molar-refractivity contribution in [3.63, 3.8) is 0 Å². The van der Waals surface area contributed by atoms with Gasteiger partial charge in [0.15, 0.2) is 4.67 Å². The molecule has 1 heterocycles. The zero-order valence-electron chi connectivity index (χ0n) is 13.6. The van der Waals surface area contributed by atoms with Gasteiger partial charge in [-0.25, -0.2) is 0 Å². The van der Waals surface area contributed by atoms with E-state index in [-0.39, 0.29) is 5.41 Å². The number of fused-ring (bicyclic) bond motifs is 1. The third-order valence-electron chi connectivity index (χ3n) is 3.14. The normalized spacial score (nSPS) is 12.2. The number of alkyl halides is 1. The first-order chi connectivity index (χ1) is 10.2. The highest BCUT2D eigenvalue weighted by molar-refractivity contribution is 9.10. The predicted molar refractivity (Wildman–Crippen MR) is 98.3 cm³/mol. The van der Waals surface area contributed by atoms with Crippen molar-refractivity contribution in [3.05, 3.63) is 22.4 Å². The van der Waals surface area contributed by atoms with Crippen LogP contribution in [0.5, 0.6) is 11.5 Å². The Balaban J connectivity index is 2.66. The number of hydrogen-bond acceptors (Lipinski definition) is 3. The van der Waals surface area contributed by atoms with Gasteiger partial charge in [-0.2, -0.15) is 0 Å². The number of halogens is 2. The summed E-state index contributed by atoms with van der Waals surface area (Å²) in [4.78, 5) is 0. The molecule has 22 heavy (non-hydrogen) atoms. The molecule has 6 heteroatoms. The van der Waals surface area contributed by atoms with Crippen LogP contribution in [-0.4, -0.2) is 21.5 Å². The molecule has 0 radical (unpaired) electrons. The summed E-state index contributed by atoms with van der Waals surface area (Å²) in [5.74, 6) is 2.00. The van der Waals surface area contributed by atoms with E-state index in [4.69, 9.17) is 25.2 Å². The Labute approximate surface area is 146 Å². The number of ether oxygens (including phenoxy) is 1. The molecule has 0 amide bonds. The van der Waals surface area contributed by atoms with Gasteiger partial charge >= 0.3 is 0 Å². The lowest BCUT2D eigenvalue weighted by Crippen LogP contribution is -2.14. The first-order valence-corrected chi connectivity index (χ1v) is 11.5. The molecule has 122 valence electrons. The molecule has 0 N–H and O–H groups in total. The molecule has 0 saturated carbocycles. The van der Waals surface area contributed by atoms with Crippen LogP contribution in [0, 0.1) is 0 Å². The molecule has 0 unspecified atom stereocenters. The van der Waals surface area contributed by atoms with E-state index in [1.54, 1.807) is 0 Å². The van der Waals surface area contributed by atoms with Crippen LogP contribution < -0.4 is 9.16 Å². The highest BCUT2D eigenvalue weighted by atomic mass is 79.9. The monoisotopic (exact) mass is 404 g/mol. The molecule has 0 bridgehead atoms. The quantitative estimate of drug-likeness (QED) is 0.488. The Morgan fingerprint density at radius 2 is 1.95 bits per heavy atom. The van der Waals surface area contributed by atoms with E-state index in [0.717, 1.165) is 32.7 Å². The van der Waals surface area contributed by atoms with Crippen molar-refractivity contribution in [3.8, 4) is 11.5 Å². The smallest absolute Gasteiger partial charge is 0.229 e. The number of benzene rings is 1. The zero-order chi connectivity index (χ0) is 16.5.